The van der Waals surface area contributed by atoms with Crippen LogP contribution in [0, 0.1) is 0 Å². The molecule has 0 amide bonds. The molecule has 5 nitrogen and oxygen atoms in total. The molecule has 0 bridgehead atoms. The number of hydrogen-bond acceptors (Lipinski definition) is 4. The quantitative estimate of drug-likeness (QED) is 0.233. The normalized spacial score (nSPS) is 13.7. The maximum Gasteiger partial charge on any atom is 0.210 e. The second kappa shape index (κ2) is 8.55. The van der Waals surface area contributed by atoms with Crippen molar-refractivity contribution in [3.8, 4) is 5.69 Å². The van der Waals surface area contributed by atoms with Crippen LogP contribution in [0.15, 0.2) is 126 Å². The molecule has 6 heteroatoms. The Bertz CT molecular complexity index is 1950. The van der Waals surface area contributed by atoms with Crippen LogP contribution in [0.4, 0.5) is 17.2 Å². The molecule has 188 valence electrons. The van der Waals surface area contributed by atoms with Crippen LogP contribution in [0.3, 0.4) is 0 Å². The minimum atomic E-state index is -3.63. The van der Waals surface area contributed by atoms with Crippen LogP contribution in [0.25, 0.3) is 39.6 Å². The van der Waals surface area contributed by atoms with Gasteiger partial charge in [-0.2, -0.15) is 0 Å². The summed E-state index contributed by atoms with van der Waals surface area (Å²) in [5.74, 6) is 0.636. The van der Waals surface area contributed by atoms with E-state index >= 15 is 0 Å². The lowest BCUT2D eigenvalue weighted by molar-refractivity contribution is 0.595. The van der Waals surface area contributed by atoms with Gasteiger partial charge in [0.2, 0.25) is 9.84 Å². The molecular formula is C33H23N3O2S. The lowest BCUT2D eigenvalue weighted by atomic mass is 10.1. The molecule has 1 aliphatic heterocycles. The van der Waals surface area contributed by atoms with Crippen molar-refractivity contribution in [1.29, 1.82) is 0 Å². The largest absolute Gasteiger partial charge is 0.308 e. The van der Waals surface area contributed by atoms with Gasteiger partial charge in [0.1, 0.15) is 5.82 Å². The van der Waals surface area contributed by atoms with Crippen LogP contribution in [-0.2, 0) is 9.84 Å². The molecule has 0 radical (unpaired) electrons. The van der Waals surface area contributed by atoms with Crippen molar-refractivity contribution in [2.75, 3.05) is 4.90 Å². The van der Waals surface area contributed by atoms with E-state index in [9.17, 15) is 8.42 Å². The zero-order valence-electron chi connectivity index (χ0n) is 21.0. The Labute approximate surface area is 226 Å². The zero-order chi connectivity index (χ0) is 26.7. The van der Waals surface area contributed by atoms with E-state index in [0.717, 1.165) is 38.6 Å². The number of fused-ring (bicyclic) bond motifs is 5. The van der Waals surface area contributed by atoms with Crippen molar-refractivity contribution in [3.05, 3.63) is 128 Å². The SMILES string of the molecule is C=Cc1ccc2c(c1)c1cc(C=C)ccc1n2-c1ccc(N2c3ccccc3S(=O)(=O)c3ccccc32)nc1. The summed E-state index contributed by atoms with van der Waals surface area (Å²) in [4.78, 5) is 7.32. The Morgan fingerprint density at radius 2 is 1.21 bits per heavy atom. The van der Waals surface area contributed by atoms with Crippen LogP contribution in [0.1, 0.15) is 11.1 Å². The highest BCUT2D eigenvalue weighted by Gasteiger charge is 2.34. The van der Waals surface area contributed by atoms with Crippen LogP contribution >= 0.6 is 0 Å². The van der Waals surface area contributed by atoms with Crippen LogP contribution < -0.4 is 4.90 Å². The second-order valence-corrected chi connectivity index (χ2v) is 11.3. The second-order valence-electron chi connectivity index (χ2n) is 9.45. The van der Waals surface area contributed by atoms with E-state index in [2.05, 4.69) is 54.1 Å². The number of pyridine rings is 1. The number of rotatable bonds is 4. The first kappa shape index (κ1) is 23.2. The topological polar surface area (TPSA) is 55.2 Å². The first-order chi connectivity index (χ1) is 19.0. The fourth-order valence-electron chi connectivity index (χ4n) is 5.47. The van der Waals surface area contributed by atoms with E-state index in [1.807, 2.05) is 59.6 Å². The van der Waals surface area contributed by atoms with Crippen LogP contribution in [0.5, 0.6) is 0 Å². The molecule has 0 saturated carbocycles. The van der Waals surface area contributed by atoms with E-state index in [0.29, 0.717) is 17.2 Å². The summed E-state index contributed by atoms with van der Waals surface area (Å²) in [7, 11) is -3.63. The van der Waals surface area contributed by atoms with E-state index in [1.54, 1.807) is 24.3 Å². The number of sulfone groups is 1. The fourth-order valence-corrected chi connectivity index (χ4v) is 7.09. The molecule has 7 rings (SSSR count). The average molecular weight is 526 g/mol. The third-order valence-electron chi connectivity index (χ3n) is 7.30. The van der Waals surface area contributed by atoms with Gasteiger partial charge in [-0.3, -0.25) is 4.90 Å². The molecule has 39 heavy (non-hydrogen) atoms. The van der Waals surface area contributed by atoms with Gasteiger partial charge in [0.25, 0.3) is 0 Å². The lowest BCUT2D eigenvalue weighted by Gasteiger charge is -2.32. The van der Waals surface area contributed by atoms with Gasteiger partial charge in [-0.1, -0.05) is 61.7 Å². The van der Waals surface area contributed by atoms with Gasteiger partial charge in [0, 0.05) is 10.8 Å². The summed E-state index contributed by atoms with van der Waals surface area (Å²) in [5.41, 5.74) is 6.30. The van der Waals surface area contributed by atoms with Gasteiger partial charge in [-0.05, 0) is 71.8 Å². The van der Waals surface area contributed by atoms with Crippen molar-refractivity contribution in [2.24, 2.45) is 0 Å². The Kier molecular flexibility index (Phi) is 5.08. The summed E-state index contributed by atoms with van der Waals surface area (Å²) in [6, 6.07) is 30.7. The first-order valence-corrected chi connectivity index (χ1v) is 14.0. The Hall–Kier alpha value is -4.94. The molecule has 0 spiro atoms. The summed E-state index contributed by atoms with van der Waals surface area (Å²) in [6.07, 6.45) is 5.54. The van der Waals surface area contributed by atoms with Crippen molar-refractivity contribution >= 4 is 61.0 Å². The molecule has 0 aliphatic carbocycles. The molecule has 1 aliphatic rings. The fraction of sp³-hybridized carbons (Fsp3) is 0. The number of nitrogens with zero attached hydrogens (tertiary/aromatic N) is 3. The van der Waals surface area contributed by atoms with E-state index in [4.69, 9.17) is 4.98 Å². The van der Waals surface area contributed by atoms with E-state index in [1.165, 1.54) is 0 Å². The molecule has 2 aromatic heterocycles. The van der Waals surface area contributed by atoms with E-state index < -0.39 is 9.84 Å². The third-order valence-corrected chi connectivity index (χ3v) is 9.14. The van der Waals surface area contributed by atoms with Crippen LogP contribution in [-0.4, -0.2) is 18.0 Å². The number of hydrogen-bond donors (Lipinski definition) is 0. The summed E-state index contributed by atoms with van der Waals surface area (Å²) in [5, 5.41) is 2.25. The maximum absolute atomic E-state index is 13.4. The zero-order valence-corrected chi connectivity index (χ0v) is 21.8. The van der Waals surface area contributed by atoms with Gasteiger partial charge < -0.3 is 4.57 Å². The smallest absolute Gasteiger partial charge is 0.210 e. The molecule has 0 fully saturated rings. The third kappa shape index (κ3) is 3.39. The molecule has 4 aromatic carbocycles. The van der Waals surface area contributed by atoms with Crippen molar-refractivity contribution in [3.63, 3.8) is 0 Å². The van der Waals surface area contributed by atoms with Crippen LogP contribution in [0.2, 0.25) is 0 Å². The monoisotopic (exact) mass is 525 g/mol. The van der Waals surface area contributed by atoms with Gasteiger partial charge in [-0.15, -0.1) is 0 Å². The van der Waals surface area contributed by atoms with Crippen molar-refractivity contribution in [2.45, 2.75) is 9.79 Å². The lowest BCUT2D eigenvalue weighted by Crippen LogP contribution is -2.22. The molecule has 0 unspecified atom stereocenters. The predicted octanol–water partition coefficient (Wildman–Crippen LogP) is 8.08. The average Bonchev–Trinajstić information content (AvgIpc) is 3.30. The van der Waals surface area contributed by atoms with E-state index in [-0.39, 0.29) is 9.79 Å². The number of para-hydroxylation sites is 2. The molecule has 6 aromatic rings. The van der Waals surface area contributed by atoms with Gasteiger partial charge >= 0.3 is 0 Å². The molecular weight excluding hydrogens is 502 g/mol. The van der Waals surface area contributed by atoms with Crippen molar-refractivity contribution < 1.29 is 8.42 Å². The number of anilines is 3. The molecule has 0 atom stereocenters. The van der Waals surface area contributed by atoms with Gasteiger partial charge in [-0.25, -0.2) is 13.4 Å². The Morgan fingerprint density at radius 1 is 0.667 bits per heavy atom. The molecule has 0 saturated heterocycles. The highest BCUT2D eigenvalue weighted by Crippen LogP contribution is 2.47. The first-order valence-electron chi connectivity index (χ1n) is 12.5. The maximum atomic E-state index is 13.4. The minimum Gasteiger partial charge on any atom is -0.308 e. The standard InChI is InChI=1S/C33H23N3O2S/c1-3-22-13-16-27-25(19-22)26-20-23(4-2)14-17-28(26)35(27)24-15-18-33(34-21-24)36-29-9-5-7-11-31(29)39(37,38)32-12-8-6-10-30(32)36/h3-21H,1-2H2. The Balaban J connectivity index is 1.42. The number of benzene rings is 4. The number of aromatic nitrogens is 2. The molecule has 0 N–H and O–H groups in total. The summed E-state index contributed by atoms with van der Waals surface area (Å²) in [6.45, 7) is 7.87. The van der Waals surface area contributed by atoms with Gasteiger partial charge in [0.05, 0.1) is 44.1 Å². The summed E-state index contributed by atoms with van der Waals surface area (Å²) < 4.78 is 28.9. The minimum absolute atomic E-state index is 0.271. The van der Waals surface area contributed by atoms with Gasteiger partial charge in [0.15, 0.2) is 0 Å². The Morgan fingerprint density at radius 3 is 1.69 bits per heavy atom. The highest BCUT2D eigenvalue weighted by atomic mass is 32.2. The molecule has 3 heterocycles. The predicted molar refractivity (Wildman–Crippen MR) is 159 cm³/mol. The highest BCUT2D eigenvalue weighted by molar-refractivity contribution is 7.92. The summed E-state index contributed by atoms with van der Waals surface area (Å²) >= 11 is 0. The van der Waals surface area contributed by atoms with Crippen molar-refractivity contribution in [1.82, 2.24) is 9.55 Å².